The largest absolute Gasteiger partial charge is 0.493 e. The Kier molecular flexibility index (Phi) is 8.21. The molecule has 0 spiro atoms. The zero-order valence-corrected chi connectivity index (χ0v) is 21.8. The number of aromatic amines is 1. The van der Waals surface area contributed by atoms with Gasteiger partial charge in [-0.2, -0.15) is 5.10 Å². The molecule has 10 heteroatoms. The van der Waals surface area contributed by atoms with Crippen molar-refractivity contribution < 1.29 is 33.3 Å². The lowest BCUT2D eigenvalue weighted by Gasteiger charge is -2.31. The van der Waals surface area contributed by atoms with Crippen LogP contribution in [0.4, 0.5) is 0 Å². The lowest BCUT2D eigenvalue weighted by atomic mass is 9.91. The number of piperidine rings is 1. The molecule has 0 amide bonds. The molecule has 1 N–H and O–H groups in total. The van der Waals surface area contributed by atoms with E-state index in [0.717, 1.165) is 63.0 Å². The molecule has 0 saturated carbocycles. The molecule has 2 aromatic carbocycles. The number of hydrogen-bond acceptors (Lipinski definition) is 9. The summed E-state index contributed by atoms with van der Waals surface area (Å²) in [6.07, 6.45) is 4.27. The summed E-state index contributed by atoms with van der Waals surface area (Å²) in [7, 11) is 1.47. The second kappa shape index (κ2) is 12.1. The van der Waals surface area contributed by atoms with E-state index < -0.39 is 24.0 Å². The van der Waals surface area contributed by atoms with Gasteiger partial charge in [0, 0.05) is 34.7 Å². The number of Topliss-reactive ketones (excluding diaryl/α,β-unsaturated/α-hetero) is 1. The van der Waals surface area contributed by atoms with Gasteiger partial charge >= 0.3 is 18.2 Å². The maximum Gasteiger partial charge on any atom is 0.334 e. The van der Waals surface area contributed by atoms with E-state index in [2.05, 4.69) is 27.2 Å². The van der Waals surface area contributed by atoms with Crippen LogP contribution in [0.3, 0.4) is 0 Å². The molecular formula is C29H31N3O7. The minimum absolute atomic E-state index is 0.165. The summed E-state index contributed by atoms with van der Waals surface area (Å²) in [6.45, 7) is 3.63. The smallest absolute Gasteiger partial charge is 0.334 e. The third kappa shape index (κ3) is 6.28. The molecule has 0 bridgehead atoms. The van der Waals surface area contributed by atoms with Crippen LogP contribution in [0.5, 0.6) is 11.5 Å². The molecule has 2 aliphatic rings. The lowest BCUT2D eigenvalue weighted by molar-refractivity contribution is -0.169. The summed E-state index contributed by atoms with van der Waals surface area (Å²) in [4.78, 5) is 38.4. The van der Waals surface area contributed by atoms with E-state index in [0.29, 0.717) is 24.0 Å². The van der Waals surface area contributed by atoms with Gasteiger partial charge in [-0.1, -0.05) is 18.2 Å². The Morgan fingerprint density at radius 2 is 1.77 bits per heavy atom. The molecule has 0 atom stereocenters. The van der Waals surface area contributed by atoms with Crippen molar-refractivity contribution in [2.24, 2.45) is 0 Å². The first kappa shape index (κ1) is 26.4. The van der Waals surface area contributed by atoms with E-state index in [1.807, 2.05) is 12.1 Å². The van der Waals surface area contributed by atoms with Gasteiger partial charge in [0.25, 0.3) is 0 Å². The summed E-state index contributed by atoms with van der Waals surface area (Å²) in [6, 6.07) is 12.9. The Morgan fingerprint density at radius 1 is 1.03 bits per heavy atom. The Balaban J connectivity index is 1.06. The van der Waals surface area contributed by atoms with Crippen LogP contribution in [-0.2, 0) is 19.1 Å². The van der Waals surface area contributed by atoms with E-state index in [9.17, 15) is 14.4 Å². The highest BCUT2D eigenvalue weighted by Crippen LogP contribution is 2.32. The van der Waals surface area contributed by atoms with Crippen LogP contribution in [0.25, 0.3) is 10.9 Å². The summed E-state index contributed by atoms with van der Waals surface area (Å²) >= 11 is 0. The highest BCUT2D eigenvalue weighted by atomic mass is 16.7. The molecule has 2 aliphatic heterocycles. The first-order valence-electron chi connectivity index (χ1n) is 13.1. The number of methoxy groups -OCH3 is 1. The molecule has 1 saturated heterocycles. The van der Waals surface area contributed by atoms with Crippen LogP contribution >= 0.6 is 0 Å². The van der Waals surface area contributed by atoms with Gasteiger partial charge in [-0.15, -0.1) is 0 Å². The van der Waals surface area contributed by atoms with Gasteiger partial charge < -0.3 is 23.8 Å². The fourth-order valence-corrected chi connectivity index (χ4v) is 4.99. The van der Waals surface area contributed by atoms with Crippen LogP contribution < -0.4 is 9.47 Å². The SMILES string of the molecule is COc1cc(C(=O)C2OC(=O)C=CC(=O)O2)ccc1OCCCCN1CCC(c2[nH]nc3ccccc23)CC1. The fraction of sp³-hybridized carbons (Fsp3) is 0.379. The molecular weight excluding hydrogens is 502 g/mol. The minimum Gasteiger partial charge on any atom is -0.493 e. The highest BCUT2D eigenvalue weighted by molar-refractivity contribution is 6.03. The number of ether oxygens (including phenoxy) is 4. The molecule has 204 valence electrons. The molecule has 5 rings (SSSR count). The van der Waals surface area contributed by atoms with Crippen molar-refractivity contribution in [2.45, 2.75) is 37.9 Å². The summed E-state index contributed by atoms with van der Waals surface area (Å²) in [5.74, 6) is -0.965. The fourth-order valence-electron chi connectivity index (χ4n) is 4.99. The Morgan fingerprint density at radius 3 is 2.51 bits per heavy atom. The number of likely N-dealkylation sites (tertiary alicyclic amines) is 1. The highest BCUT2D eigenvalue weighted by Gasteiger charge is 2.30. The number of fused-ring (bicyclic) bond motifs is 1. The van der Waals surface area contributed by atoms with E-state index in [4.69, 9.17) is 18.9 Å². The van der Waals surface area contributed by atoms with Crippen molar-refractivity contribution in [3.63, 3.8) is 0 Å². The second-order valence-corrected chi connectivity index (χ2v) is 9.59. The van der Waals surface area contributed by atoms with Crippen molar-refractivity contribution in [3.8, 4) is 11.5 Å². The van der Waals surface area contributed by atoms with Gasteiger partial charge in [0.05, 0.1) is 19.2 Å². The molecule has 0 unspecified atom stereocenters. The third-order valence-electron chi connectivity index (χ3n) is 7.08. The lowest BCUT2D eigenvalue weighted by Crippen LogP contribution is -2.34. The van der Waals surface area contributed by atoms with Crippen LogP contribution in [-0.4, -0.2) is 72.5 Å². The summed E-state index contributed by atoms with van der Waals surface area (Å²) < 4.78 is 21.1. The van der Waals surface area contributed by atoms with Crippen molar-refractivity contribution in [2.75, 3.05) is 33.4 Å². The van der Waals surface area contributed by atoms with E-state index >= 15 is 0 Å². The zero-order valence-electron chi connectivity index (χ0n) is 21.8. The molecule has 10 nitrogen and oxygen atoms in total. The third-order valence-corrected chi connectivity index (χ3v) is 7.08. The van der Waals surface area contributed by atoms with Gasteiger partial charge in [-0.05, 0) is 69.6 Å². The number of nitrogens with one attached hydrogen (secondary N) is 1. The van der Waals surface area contributed by atoms with Gasteiger partial charge in [0.1, 0.15) is 0 Å². The monoisotopic (exact) mass is 533 g/mol. The van der Waals surface area contributed by atoms with Gasteiger partial charge in [-0.3, -0.25) is 9.89 Å². The predicted molar refractivity (Wildman–Crippen MR) is 142 cm³/mol. The number of rotatable bonds is 10. The molecule has 1 fully saturated rings. The number of hydrogen-bond donors (Lipinski definition) is 1. The number of ketones is 1. The van der Waals surface area contributed by atoms with Crippen LogP contribution in [0.15, 0.2) is 54.6 Å². The maximum absolute atomic E-state index is 12.7. The number of aromatic nitrogens is 2. The molecule has 0 aliphatic carbocycles. The van der Waals surface area contributed by atoms with Crippen LogP contribution in [0, 0.1) is 0 Å². The Bertz CT molecular complexity index is 1350. The first-order valence-corrected chi connectivity index (χ1v) is 13.1. The van der Waals surface area contributed by atoms with E-state index in [1.165, 1.54) is 30.3 Å². The maximum atomic E-state index is 12.7. The zero-order chi connectivity index (χ0) is 27.2. The average molecular weight is 534 g/mol. The molecule has 3 aromatic rings. The summed E-state index contributed by atoms with van der Waals surface area (Å²) in [5.41, 5.74) is 2.45. The molecule has 3 heterocycles. The number of unbranched alkanes of at least 4 members (excludes halogenated alkanes) is 1. The Labute approximate surface area is 225 Å². The summed E-state index contributed by atoms with van der Waals surface area (Å²) in [5, 5.41) is 8.94. The average Bonchev–Trinajstić information content (AvgIpc) is 3.31. The predicted octanol–water partition coefficient (Wildman–Crippen LogP) is 3.78. The van der Waals surface area contributed by atoms with Crippen molar-refractivity contribution in [1.82, 2.24) is 15.1 Å². The number of nitrogens with zero attached hydrogens (tertiary/aromatic N) is 2. The number of para-hydroxylation sites is 1. The van der Waals surface area contributed by atoms with Crippen LogP contribution in [0.1, 0.15) is 47.7 Å². The van der Waals surface area contributed by atoms with Crippen molar-refractivity contribution >= 4 is 28.6 Å². The standard InChI is InChI=1S/C29H31N3O7/c1-36-24-18-20(28(35)29-38-25(33)10-11-26(34)39-29)8-9-23(24)37-17-5-4-14-32-15-12-19(13-16-32)27-21-6-2-3-7-22(21)30-31-27/h2-3,6-11,18-19,29H,4-5,12-17H2,1H3,(H,30,31). The topological polar surface area (TPSA) is 120 Å². The minimum atomic E-state index is -1.65. The van der Waals surface area contributed by atoms with Crippen molar-refractivity contribution in [1.29, 1.82) is 0 Å². The molecule has 1 aromatic heterocycles. The van der Waals surface area contributed by atoms with Gasteiger partial charge in [0.15, 0.2) is 11.5 Å². The normalized spacial score (nSPS) is 17.1. The van der Waals surface area contributed by atoms with Gasteiger partial charge in [-0.25, -0.2) is 9.59 Å². The van der Waals surface area contributed by atoms with Crippen molar-refractivity contribution in [3.05, 3.63) is 65.9 Å². The number of carbonyl (C=O) groups is 3. The number of benzene rings is 2. The van der Waals surface area contributed by atoms with Crippen LogP contribution in [0.2, 0.25) is 0 Å². The molecule has 0 radical (unpaired) electrons. The number of H-pyrrole nitrogens is 1. The second-order valence-electron chi connectivity index (χ2n) is 9.59. The molecule has 39 heavy (non-hydrogen) atoms. The Hall–Kier alpha value is -4.18. The van der Waals surface area contributed by atoms with Gasteiger partial charge in [0.2, 0.25) is 5.78 Å². The number of carbonyl (C=O) groups excluding carboxylic acids is 3. The number of cyclic esters (lactones) is 2. The first-order chi connectivity index (χ1) is 19.0. The quantitative estimate of drug-likeness (QED) is 0.236. The number of esters is 2. The van der Waals surface area contributed by atoms with E-state index in [1.54, 1.807) is 6.07 Å². The van der Waals surface area contributed by atoms with E-state index in [-0.39, 0.29) is 5.56 Å².